The van der Waals surface area contributed by atoms with Crippen molar-refractivity contribution in [3.63, 3.8) is 0 Å². The molecule has 1 fully saturated rings. The molecule has 1 amide bonds. The lowest BCUT2D eigenvalue weighted by Gasteiger charge is -2.27. The van der Waals surface area contributed by atoms with E-state index in [1.165, 1.54) is 31.2 Å². The first kappa shape index (κ1) is 15.9. The van der Waals surface area contributed by atoms with Gasteiger partial charge in [0.25, 0.3) is 0 Å². The molecule has 21 heavy (non-hydrogen) atoms. The fourth-order valence-corrected chi connectivity index (χ4v) is 3.14. The van der Waals surface area contributed by atoms with Crippen LogP contribution in [0.1, 0.15) is 51.5 Å². The van der Waals surface area contributed by atoms with E-state index in [0.717, 1.165) is 29.8 Å². The molecule has 1 aromatic rings. The quantitative estimate of drug-likeness (QED) is 0.832. The number of aryl methyl sites for hydroxylation is 1. The predicted molar refractivity (Wildman–Crippen MR) is 89.7 cm³/mol. The summed E-state index contributed by atoms with van der Waals surface area (Å²) in [6.07, 6.45) is 5.92. The lowest BCUT2D eigenvalue weighted by atomic mass is 9.82. The first-order valence-corrected chi connectivity index (χ1v) is 8.22. The van der Waals surface area contributed by atoms with Gasteiger partial charge in [0.05, 0.1) is 0 Å². The van der Waals surface area contributed by atoms with E-state index in [-0.39, 0.29) is 5.91 Å². The maximum absolute atomic E-state index is 11.5. The summed E-state index contributed by atoms with van der Waals surface area (Å²) in [5.74, 6) is 1.70. The average Bonchev–Trinajstić information content (AvgIpc) is 2.47. The SMILES string of the molecule is CCC(=O)Nc1ccc(C)c(NCC2CCCC(C)C2)c1. The van der Waals surface area contributed by atoms with E-state index >= 15 is 0 Å². The summed E-state index contributed by atoms with van der Waals surface area (Å²) in [4.78, 5) is 11.5. The highest BCUT2D eigenvalue weighted by molar-refractivity contribution is 5.91. The molecule has 0 saturated heterocycles. The van der Waals surface area contributed by atoms with Crippen LogP contribution in [-0.4, -0.2) is 12.5 Å². The molecule has 116 valence electrons. The summed E-state index contributed by atoms with van der Waals surface area (Å²) < 4.78 is 0. The van der Waals surface area contributed by atoms with Crippen molar-refractivity contribution in [2.24, 2.45) is 11.8 Å². The van der Waals surface area contributed by atoms with Gasteiger partial charge in [0.15, 0.2) is 0 Å². The van der Waals surface area contributed by atoms with Gasteiger partial charge in [-0.05, 0) is 49.3 Å². The molecule has 0 bridgehead atoms. The molecule has 1 saturated carbocycles. The second-order valence-corrected chi connectivity index (χ2v) is 6.45. The second kappa shape index (κ2) is 7.48. The van der Waals surface area contributed by atoms with Gasteiger partial charge in [0.1, 0.15) is 0 Å². The third-order valence-electron chi connectivity index (χ3n) is 4.47. The van der Waals surface area contributed by atoms with Crippen molar-refractivity contribution in [2.75, 3.05) is 17.2 Å². The smallest absolute Gasteiger partial charge is 0.224 e. The van der Waals surface area contributed by atoms with Crippen LogP contribution in [0, 0.1) is 18.8 Å². The topological polar surface area (TPSA) is 41.1 Å². The first-order valence-electron chi connectivity index (χ1n) is 8.22. The van der Waals surface area contributed by atoms with E-state index in [1.807, 2.05) is 13.0 Å². The number of anilines is 2. The summed E-state index contributed by atoms with van der Waals surface area (Å²) >= 11 is 0. The summed E-state index contributed by atoms with van der Waals surface area (Å²) in [5, 5.41) is 6.51. The van der Waals surface area contributed by atoms with Gasteiger partial charge < -0.3 is 10.6 Å². The van der Waals surface area contributed by atoms with Gasteiger partial charge in [-0.3, -0.25) is 4.79 Å². The third kappa shape index (κ3) is 4.76. The van der Waals surface area contributed by atoms with E-state index in [2.05, 4.69) is 36.6 Å². The summed E-state index contributed by atoms with van der Waals surface area (Å²) in [5.41, 5.74) is 3.25. The van der Waals surface area contributed by atoms with Crippen molar-refractivity contribution in [3.8, 4) is 0 Å². The van der Waals surface area contributed by atoms with Gasteiger partial charge >= 0.3 is 0 Å². The van der Waals surface area contributed by atoms with Crippen LogP contribution in [0.3, 0.4) is 0 Å². The highest BCUT2D eigenvalue weighted by Gasteiger charge is 2.18. The zero-order valence-corrected chi connectivity index (χ0v) is 13.5. The lowest BCUT2D eigenvalue weighted by Crippen LogP contribution is -2.21. The Morgan fingerprint density at radius 3 is 2.86 bits per heavy atom. The Kier molecular flexibility index (Phi) is 5.66. The van der Waals surface area contributed by atoms with Crippen LogP contribution in [-0.2, 0) is 4.79 Å². The molecular formula is C18H28N2O. The summed E-state index contributed by atoms with van der Waals surface area (Å²) in [7, 11) is 0. The molecule has 0 spiro atoms. The normalized spacial score (nSPS) is 21.9. The molecule has 3 nitrogen and oxygen atoms in total. The Hall–Kier alpha value is -1.51. The van der Waals surface area contributed by atoms with Gasteiger partial charge in [-0.2, -0.15) is 0 Å². The molecule has 1 aliphatic rings. The van der Waals surface area contributed by atoms with Crippen LogP contribution in [0.15, 0.2) is 18.2 Å². The second-order valence-electron chi connectivity index (χ2n) is 6.45. The van der Waals surface area contributed by atoms with Crippen molar-refractivity contribution < 1.29 is 4.79 Å². The Morgan fingerprint density at radius 1 is 1.33 bits per heavy atom. The maximum Gasteiger partial charge on any atom is 0.224 e. The molecule has 2 rings (SSSR count). The van der Waals surface area contributed by atoms with Crippen molar-refractivity contribution in [3.05, 3.63) is 23.8 Å². The molecule has 2 unspecified atom stereocenters. The number of amides is 1. The van der Waals surface area contributed by atoms with Crippen LogP contribution in [0.2, 0.25) is 0 Å². The Labute approximate surface area is 128 Å². The van der Waals surface area contributed by atoms with E-state index in [0.29, 0.717) is 6.42 Å². The zero-order chi connectivity index (χ0) is 15.2. The number of carbonyl (C=O) groups is 1. The molecule has 0 aliphatic heterocycles. The Balaban J connectivity index is 1.95. The van der Waals surface area contributed by atoms with Crippen molar-refractivity contribution >= 4 is 17.3 Å². The Morgan fingerprint density at radius 2 is 2.14 bits per heavy atom. The lowest BCUT2D eigenvalue weighted by molar-refractivity contribution is -0.115. The van der Waals surface area contributed by atoms with Crippen LogP contribution in [0.25, 0.3) is 0 Å². The number of carbonyl (C=O) groups excluding carboxylic acids is 1. The van der Waals surface area contributed by atoms with Gasteiger partial charge in [0, 0.05) is 24.3 Å². The number of hydrogen-bond donors (Lipinski definition) is 2. The number of hydrogen-bond acceptors (Lipinski definition) is 2. The molecule has 1 aromatic carbocycles. The summed E-state index contributed by atoms with van der Waals surface area (Å²) in [6.45, 7) is 7.37. The largest absolute Gasteiger partial charge is 0.384 e. The van der Waals surface area contributed by atoms with Gasteiger partial charge in [-0.1, -0.05) is 32.8 Å². The molecule has 0 radical (unpaired) electrons. The van der Waals surface area contributed by atoms with Gasteiger partial charge in [0.2, 0.25) is 5.91 Å². The highest BCUT2D eigenvalue weighted by Crippen LogP contribution is 2.29. The number of nitrogens with one attached hydrogen (secondary N) is 2. The van der Waals surface area contributed by atoms with E-state index in [4.69, 9.17) is 0 Å². The first-order chi connectivity index (χ1) is 10.1. The molecule has 0 aromatic heterocycles. The fraction of sp³-hybridized carbons (Fsp3) is 0.611. The molecule has 3 heteroatoms. The third-order valence-corrected chi connectivity index (χ3v) is 4.47. The molecular weight excluding hydrogens is 260 g/mol. The minimum atomic E-state index is 0.0610. The number of benzene rings is 1. The van der Waals surface area contributed by atoms with Crippen LogP contribution < -0.4 is 10.6 Å². The van der Waals surface area contributed by atoms with Crippen LogP contribution in [0.4, 0.5) is 11.4 Å². The number of rotatable bonds is 5. The highest BCUT2D eigenvalue weighted by atomic mass is 16.1. The van der Waals surface area contributed by atoms with Crippen LogP contribution >= 0.6 is 0 Å². The van der Waals surface area contributed by atoms with Crippen molar-refractivity contribution in [1.29, 1.82) is 0 Å². The minimum absolute atomic E-state index is 0.0610. The molecule has 0 heterocycles. The van der Waals surface area contributed by atoms with E-state index in [1.54, 1.807) is 0 Å². The Bertz CT molecular complexity index is 484. The standard InChI is InChI=1S/C18H28N2O/c1-4-18(21)20-16-9-8-14(3)17(11-16)19-12-15-7-5-6-13(2)10-15/h8-9,11,13,15,19H,4-7,10,12H2,1-3H3,(H,20,21). The fourth-order valence-electron chi connectivity index (χ4n) is 3.14. The van der Waals surface area contributed by atoms with E-state index in [9.17, 15) is 4.79 Å². The summed E-state index contributed by atoms with van der Waals surface area (Å²) in [6, 6.07) is 6.09. The molecule has 1 aliphatic carbocycles. The van der Waals surface area contributed by atoms with Crippen LogP contribution in [0.5, 0.6) is 0 Å². The monoisotopic (exact) mass is 288 g/mol. The minimum Gasteiger partial charge on any atom is -0.384 e. The maximum atomic E-state index is 11.5. The predicted octanol–water partition coefficient (Wildman–Crippen LogP) is 4.58. The van der Waals surface area contributed by atoms with Gasteiger partial charge in [-0.15, -0.1) is 0 Å². The average molecular weight is 288 g/mol. The molecule has 2 N–H and O–H groups in total. The zero-order valence-electron chi connectivity index (χ0n) is 13.5. The van der Waals surface area contributed by atoms with Gasteiger partial charge in [-0.25, -0.2) is 0 Å². The molecule has 2 atom stereocenters. The van der Waals surface area contributed by atoms with Crippen molar-refractivity contribution in [2.45, 2.75) is 52.9 Å². The van der Waals surface area contributed by atoms with E-state index < -0.39 is 0 Å². The van der Waals surface area contributed by atoms with Crippen molar-refractivity contribution in [1.82, 2.24) is 0 Å².